The molecule has 0 fully saturated rings. The first-order valence-electron chi connectivity index (χ1n) is 6.14. The number of hydrogen-bond donors (Lipinski definition) is 0. The van der Waals surface area contributed by atoms with Gasteiger partial charge in [-0.05, 0) is 12.1 Å². The molecule has 7 nitrogen and oxygen atoms in total. The van der Waals surface area contributed by atoms with Crippen LogP contribution in [0.25, 0.3) is 0 Å². The van der Waals surface area contributed by atoms with E-state index in [1.54, 1.807) is 0 Å². The van der Waals surface area contributed by atoms with Crippen molar-refractivity contribution in [2.45, 2.75) is 0 Å². The van der Waals surface area contributed by atoms with Crippen LogP contribution in [0.4, 0.5) is 0 Å². The van der Waals surface area contributed by atoms with E-state index >= 15 is 0 Å². The maximum atomic E-state index is 12.0. The zero-order chi connectivity index (χ0) is 17.0. The molecule has 9 heteroatoms. The third-order valence-electron chi connectivity index (χ3n) is 2.63. The molecule has 2 heterocycles. The minimum atomic E-state index is -1.06. The Kier molecular flexibility index (Phi) is 5.36. The van der Waals surface area contributed by atoms with Crippen LogP contribution in [-0.4, -0.2) is 36.1 Å². The van der Waals surface area contributed by atoms with Gasteiger partial charge in [0.1, 0.15) is 0 Å². The normalized spacial score (nSPS) is 10.1. The fourth-order valence-corrected chi connectivity index (χ4v) is 1.91. The molecule has 0 saturated heterocycles. The SMILES string of the molecule is COc1ccc(Cl)c(C(=O)OC(=O)c2nc(OC)ccc2Cl)n1. The van der Waals surface area contributed by atoms with E-state index in [4.69, 9.17) is 37.4 Å². The standard InChI is InChI=1S/C14H10Cl2N2O5/c1-21-9-5-3-7(15)11(17-9)13(19)23-14(20)12-8(16)4-6-10(18-12)22-2/h3-6H,1-2H3. The Morgan fingerprint density at radius 2 is 1.22 bits per heavy atom. The molecule has 0 atom stereocenters. The van der Waals surface area contributed by atoms with E-state index < -0.39 is 11.9 Å². The van der Waals surface area contributed by atoms with Gasteiger partial charge in [-0.25, -0.2) is 19.6 Å². The second-order valence-electron chi connectivity index (χ2n) is 4.05. The van der Waals surface area contributed by atoms with Gasteiger partial charge in [-0.1, -0.05) is 23.2 Å². The number of nitrogens with zero attached hydrogens (tertiary/aromatic N) is 2. The summed E-state index contributed by atoms with van der Waals surface area (Å²) < 4.78 is 14.5. The van der Waals surface area contributed by atoms with Gasteiger partial charge in [-0.15, -0.1) is 0 Å². The first-order chi connectivity index (χ1) is 11.0. The largest absolute Gasteiger partial charge is 0.481 e. The van der Waals surface area contributed by atoms with E-state index in [1.807, 2.05) is 0 Å². The number of halogens is 2. The number of hydrogen-bond acceptors (Lipinski definition) is 7. The molecule has 2 aromatic heterocycles. The molecule has 0 saturated carbocycles. The Balaban J connectivity index is 2.25. The highest BCUT2D eigenvalue weighted by Gasteiger charge is 2.23. The summed E-state index contributed by atoms with van der Waals surface area (Å²) in [4.78, 5) is 31.7. The van der Waals surface area contributed by atoms with Crippen LogP contribution in [0.5, 0.6) is 11.8 Å². The Bertz CT molecular complexity index is 703. The molecule has 0 aliphatic heterocycles. The number of ether oxygens (including phenoxy) is 3. The lowest BCUT2D eigenvalue weighted by molar-refractivity contribution is 0.0388. The number of methoxy groups -OCH3 is 2. The highest BCUT2D eigenvalue weighted by atomic mass is 35.5. The molecular formula is C14H10Cl2N2O5. The van der Waals surface area contributed by atoms with E-state index in [9.17, 15) is 9.59 Å². The van der Waals surface area contributed by atoms with Gasteiger partial charge in [0.15, 0.2) is 11.4 Å². The topological polar surface area (TPSA) is 87.6 Å². The van der Waals surface area contributed by atoms with Crippen molar-refractivity contribution in [3.63, 3.8) is 0 Å². The Hall–Kier alpha value is -2.38. The predicted octanol–water partition coefficient (Wildman–Crippen LogP) is 2.80. The van der Waals surface area contributed by atoms with Crippen LogP contribution >= 0.6 is 23.2 Å². The number of carbonyl (C=O) groups is 2. The van der Waals surface area contributed by atoms with Crippen LogP contribution in [0.3, 0.4) is 0 Å². The maximum Gasteiger partial charge on any atom is 0.366 e. The highest BCUT2D eigenvalue weighted by Crippen LogP contribution is 2.21. The highest BCUT2D eigenvalue weighted by molar-refractivity contribution is 6.34. The van der Waals surface area contributed by atoms with E-state index in [-0.39, 0.29) is 33.2 Å². The van der Waals surface area contributed by atoms with Crippen molar-refractivity contribution in [3.05, 3.63) is 45.7 Å². The molecule has 0 radical (unpaired) electrons. The summed E-state index contributed by atoms with van der Waals surface area (Å²) in [7, 11) is 2.74. The maximum absolute atomic E-state index is 12.0. The van der Waals surface area contributed by atoms with Gasteiger partial charge >= 0.3 is 11.9 Å². The van der Waals surface area contributed by atoms with E-state index in [0.717, 1.165) is 0 Å². The van der Waals surface area contributed by atoms with Gasteiger partial charge in [0.25, 0.3) is 0 Å². The molecular weight excluding hydrogens is 347 g/mol. The van der Waals surface area contributed by atoms with Gasteiger partial charge in [-0.2, -0.15) is 0 Å². The van der Waals surface area contributed by atoms with Crippen LogP contribution in [-0.2, 0) is 4.74 Å². The lowest BCUT2D eigenvalue weighted by Crippen LogP contribution is -2.16. The summed E-state index contributed by atoms with van der Waals surface area (Å²) in [5.74, 6) is -1.82. The lowest BCUT2D eigenvalue weighted by atomic mass is 10.3. The van der Waals surface area contributed by atoms with E-state index in [2.05, 4.69) is 9.97 Å². The molecule has 0 amide bonds. The minimum Gasteiger partial charge on any atom is -0.481 e. The van der Waals surface area contributed by atoms with Gasteiger partial charge in [0.05, 0.1) is 24.3 Å². The molecule has 120 valence electrons. The number of pyridine rings is 2. The average Bonchev–Trinajstić information content (AvgIpc) is 2.55. The molecule has 0 unspecified atom stereocenters. The lowest BCUT2D eigenvalue weighted by Gasteiger charge is -2.07. The summed E-state index contributed by atoms with van der Waals surface area (Å²) in [5, 5.41) is 0.0154. The molecule has 0 bridgehead atoms. The third kappa shape index (κ3) is 3.88. The fourth-order valence-electron chi connectivity index (χ4n) is 1.54. The summed E-state index contributed by atoms with van der Waals surface area (Å²) in [6.07, 6.45) is 0. The minimum absolute atomic E-state index is 0.00768. The van der Waals surface area contributed by atoms with Crippen molar-refractivity contribution in [2.75, 3.05) is 14.2 Å². The van der Waals surface area contributed by atoms with Crippen molar-refractivity contribution in [2.24, 2.45) is 0 Å². The Labute approximate surface area is 141 Å². The van der Waals surface area contributed by atoms with Crippen LogP contribution in [0, 0.1) is 0 Å². The van der Waals surface area contributed by atoms with Crippen LogP contribution in [0.2, 0.25) is 10.0 Å². The summed E-state index contributed by atoms with van der Waals surface area (Å²) >= 11 is 11.7. The van der Waals surface area contributed by atoms with Gasteiger partial charge < -0.3 is 14.2 Å². The van der Waals surface area contributed by atoms with Gasteiger partial charge in [-0.3, -0.25) is 0 Å². The molecule has 0 aromatic carbocycles. The first kappa shape index (κ1) is 17.0. The molecule has 2 rings (SSSR count). The van der Waals surface area contributed by atoms with Crippen molar-refractivity contribution in [1.29, 1.82) is 0 Å². The van der Waals surface area contributed by atoms with Crippen molar-refractivity contribution < 1.29 is 23.8 Å². The predicted molar refractivity (Wildman–Crippen MR) is 81.3 cm³/mol. The molecule has 0 spiro atoms. The zero-order valence-electron chi connectivity index (χ0n) is 12.0. The van der Waals surface area contributed by atoms with Crippen molar-refractivity contribution in [3.8, 4) is 11.8 Å². The van der Waals surface area contributed by atoms with Crippen LogP contribution < -0.4 is 9.47 Å². The summed E-state index contributed by atoms with van der Waals surface area (Å²) in [6, 6.07) is 5.71. The number of aromatic nitrogens is 2. The van der Waals surface area contributed by atoms with Crippen molar-refractivity contribution in [1.82, 2.24) is 9.97 Å². The van der Waals surface area contributed by atoms with Crippen LogP contribution in [0.1, 0.15) is 21.0 Å². The fraction of sp³-hybridized carbons (Fsp3) is 0.143. The second kappa shape index (κ2) is 7.26. The number of esters is 2. The zero-order valence-corrected chi connectivity index (χ0v) is 13.5. The number of rotatable bonds is 4. The average molecular weight is 357 g/mol. The summed E-state index contributed by atoms with van der Waals surface area (Å²) in [6.45, 7) is 0. The van der Waals surface area contributed by atoms with E-state index in [0.29, 0.717) is 0 Å². The Morgan fingerprint density at radius 3 is 1.57 bits per heavy atom. The molecule has 0 N–H and O–H groups in total. The van der Waals surface area contributed by atoms with Gasteiger partial charge in [0.2, 0.25) is 11.8 Å². The summed E-state index contributed by atoms with van der Waals surface area (Å²) in [5.41, 5.74) is -0.531. The van der Waals surface area contributed by atoms with Crippen molar-refractivity contribution >= 4 is 35.1 Å². The van der Waals surface area contributed by atoms with Gasteiger partial charge in [0, 0.05) is 12.1 Å². The molecule has 23 heavy (non-hydrogen) atoms. The quantitative estimate of drug-likeness (QED) is 0.614. The first-order valence-corrected chi connectivity index (χ1v) is 6.89. The van der Waals surface area contributed by atoms with Crippen LogP contribution in [0.15, 0.2) is 24.3 Å². The third-order valence-corrected chi connectivity index (χ3v) is 3.24. The molecule has 0 aliphatic carbocycles. The smallest absolute Gasteiger partial charge is 0.366 e. The monoisotopic (exact) mass is 356 g/mol. The second-order valence-corrected chi connectivity index (χ2v) is 4.86. The molecule has 0 aliphatic rings. The van der Waals surface area contributed by atoms with E-state index in [1.165, 1.54) is 38.5 Å². The molecule has 2 aromatic rings. The number of carbonyl (C=O) groups excluding carboxylic acids is 2. The Morgan fingerprint density at radius 1 is 0.826 bits per heavy atom.